The average Bonchev–Trinajstić information content (AvgIpc) is 2.13. The highest BCUT2D eigenvalue weighted by molar-refractivity contribution is 4.89. The molecule has 6 heteroatoms. The molecular weight excluding hydrogens is 156 g/mol. The molecule has 10 heavy (non-hydrogen) atoms. The second kappa shape index (κ2) is 2.36. The molecule has 0 atom stereocenters. The van der Waals surface area contributed by atoms with Crippen LogP contribution in [0.1, 0.15) is 0 Å². The van der Waals surface area contributed by atoms with E-state index in [2.05, 4.69) is 9.47 Å². The van der Waals surface area contributed by atoms with Crippen molar-refractivity contribution in [1.29, 1.82) is 0 Å². The molecule has 0 unspecified atom stereocenters. The van der Waals surface area contributed by atoms with Gasteiger partial charge in [0.05, 0.1) is 0 Å². The predicted octanol–water partition coefficient (Wildman–Crippen LogP) is 1.69. The molecule has 1 aliphatic heterocycles. The van der Waals surface area contributed by atoms with Crippen molar-refractivity contribution >= 4 is 0 Å². The first-order chi connectivity index (χ1) is 4.61. The van der Waals surface area contributed by atoms with Gasteiger partial charge >= 0.3 is 24.7 Å². The molecule has 0 N–H and O–H groups in total. The zero-order valence-electron chi connectivity index (χ0n) is 4.48. The van der Waals surface area contributed by atoms with Crippen LogP contribution in [0.15, 0.2) is 12.0 Å². The summed E-state index contributed by atoms with van der Waals surface area (Å²) in [5.74, 6) is 0. The second-order valence-electron chi connectivity index (χ2n) is 1.49. The van der Waals surface area contributed by atoms with E-state index in [-0.39, 0.29) is 0 Å². The molecule has 1 aliphatic rings. The van der Waals surface area contributed by atoms with Gasteiger partial charge in [0.2, 0.25) is 0 Å². The monoisotopic (exact) mass is 158 g/mol. The van der Waals surface area contributed by atoms with Crippen molar-refractivity contribution in [3.05, 3.63) is 12.0 Å². The van der Waals surface area contributed by atoms with E-state index < -0.39 is 24.7 Å². The molecule has 0 fully saturated rings. The van der Waals surface area contributed by atoms with Gasteiger partial charge in [0.25, 0.3) is 0 Å². The third kappa shape index (κ3) is 1.14. The molecule has 0 aromatic carbocycles. The molecule has 2 nitrogen and oxygen atoms in total. The molecule has 58 valence electrons. The van der Waals surface area contributed by atoms with E-state index in [9.17, 15) is 17.6 Å². The van der Waals surface area contributed by atoms with Gasteiger partial charge in [-0.25, -0.2) is 8.78 Å². The molecule has 0 spiro atoms. The minimum absolute atomic E-state index is 1.73. The fourth-order valence-corrected chi connectivity index (χ4v) is 0.424. The summed E-state index contributed by atoms with van der Waals surface area (Å²) in [6, 6.07) is -3.46. The minimum Gasteiger partial charge on any atom is -0.420 e. The van der Waals surface area contributed by atoms with Gasteiger partial charge in [-0.1, -0.05) is 0 Å². The Morgan fingerprint density at radius 1 is 1.10 bits per heavy atom. The van der Waals surface area contributed by atoms with Crippen LogP contribution >= 0.6 is 0 Å². The van der Waals surface area contributed by atoms with Crippen molar-refractivity contribution in [2.75, 3.05) is 0 Å². The normalized spacial score (nSPS) is 19.7. The molecular formula is C4H2F4O2. The second-order valence-corrected chi connectivity index (χ2v) is 1.49. The van der Waals surface area contributed by atoms with Gasteiger partial charge < -0.3 is 9.47 Å². The lowest BCUT2D eigenvalue weighted by Crippen LogP contribution is -2.18. The lowest BCUT2D eigenvalue weighted by Gasteiger charge is -2.06. The van der Waals surface area contributed by atoms with E-state index in [1.165, 1.54) is 0 Å². The van der Waals surface area contributed by atoms with Gasteiger partial charge in [-0.2, -0.15) is 8.78 Å². The Balaban J connectivity index is 2.51. The number of rotatable bonds is 1. The fourth-order valence-electron chi connectivity index (χ4n) is 0.424. The van der Waals surface area contributed by atoms with Crippen LogP contribution in [0.5, 0.6) is 0 Å². The molecule has 0 saturated carbocycles. The average molecular weight is 158 g/mol. The number of halogens is 4. The molecule has 1 rings (SSSR count). The van der Waals surface area contributed by atoms with Crippen molar-refractivity contribution in [3.63, 3.8) is 0 Å². The Morgan fingerprint density at radius 3 is 1.70 bits per heavy atom. The molecule has 1 heterocycles. The van der Waals surface area contributed by atoms with Crippen LogP contribution in [0.3, 0.4) is 0 Å². The van der Waals surface area contributed by atoms with E-state index in [0.29, 0.717) is 0 Å². The van der Waals surface area contributed by atoms with E-state index in [1.54, 1.807) is 0 Å². The van der Waals surface area contributed by atoms with Gasteiger partial charge in [-0.15, -0.1) is 0 Å². The summed E-state index contributed by atoms with van der Waals surface area (Å²) < 4.78 is 53.7. The molecule has 0 aromatic heterocycles. The lowest BCUT2D eigenvalue weighted by atomic mass is 10.7. The van der Waals surface area contributed by atoms with Gasteiger partial charge in [0.15, 0.2) is 0 Å². The maximum Gasteiger partial charge on any atom is 0.350 e. The molecule has 0 aromatic rings. The third-order valence-electron chi connectivity index (χ3n) is 0.800. The van der Waals surface area contributed by atoms with Crippen LogP contribution in [0.25, 0.3) is 0 Å². The van der Waals surface area contributed by atoms with Crippen LogP contribution in [0.4, 0.5) is 17.6 Å². The zero-order chi connectivity index (χ0) is 7.72. The Bertz CT molecular complexity index is 153. The van der Waals surface area contributed by atoms with Gasteiger partial charge in [-0.3, -0.25) is 0 Å². The fraction of sp³-hybridized carbons (Fsp3) is 0.500. The summed E-state index contributed by atoms with van der Waals surface area (Å²) >= 11 is 0. The highest BCUT2D eigenvalue weighted by Crippen LogP contribution is 2.26. The summed E-state index contributed by atoms with van der Waals surface area (Å²) in [6.07, 6.45) is -5.20. The number of hydrogen-bond donors (Lipinski definition) is 0. The first kappa shape index (κ1) is 7.17. The van der Waals surface area contributed by atoms with Crippen LogP contribution in [-0.2, 0) is 9.47 Å². The van der Waals surface area contributed by atoms with Crippen LogP contribution < -0.4 is 0 Å². The van der Waals surface area contributed by atoms with Crippen molar-refractivity contribution in [3.8, 4) is 0 Å². The largest absolute Gasteiger partial charge is 0.420 e. The SMILES string of the molecule is FC1=C(F)OC(C(F)F)O1. The van der Waals surface area contributed by atoms with Crippen molar-refractivity contribution in [2.24, 2.45) is 0 Å². The first-order valence-corrected chi connectivity index (χ1v) is 2.28. The molecule has 0 bridgehead atoms. The summed E-state index contributed by atoms with van der Waals surface area (Å²) in [6.45, 7) is 0. The van der Waals surface area contributed by atoms with Crippen molar-refractivity contribution in [1.82, 2.24) is 0 Å². The predicted molar refractivity (Wildman–Crippen MR) is 21.2 cm³/mol. The van der Waals surface area contributed by atoms with Crippen molar-refractivity contribution in [2.45, 2.75) is 12.7 Å². The van der Waals surface area contributed by atoms with E-state index in [4.69, 9.17) is 0 Å². The molecule has 0 radical (unpaired) electrons. The maximum absolute atomic E-state index is 11.8. The summed E-state index contributed by atoms with van der Waals surface area (Å²) in [7, 11) is 0. The molecule has 0 saturated heterocycles. The quantitative estimate of drug-likeness (QED) is 0.540. The topological polar surface area (TPSA) is 18.5 Å². The Labute approximate surface area is 53.0 Å². The Morgan fingerprint density at radius 2 is 1.50 bits per heavy atom. The van der Waals surface area contributed by atoms with E-state index >= 15 is 0 Å². The number of hydrogen-bond acceptors (Lipinski definition) is 2. The summed E-state index contributed by atoms with van der Waals surface area (Å²) in [5.41, 5.74) is 0. The first-order valence-electron chi connectivity index (χ1n) is 2.28. The zero-order valence-corrected chi connectivity index (χ0v) is 4.48. The lowest BCUT2D eigenvalue weighted by molar-refractivity contribution is -0.146. The highest BCUT2D eigenvalue weighted by atomic mass is 19.3. The van der Waals surface area contributed by atoms with Crippen molar-refractivity contribution < 1.29 is 27.0 Å². The highest BCUT2D eigenvalue weighted by Gasteiger charge is 2.35. The molecule has 0 aliphatic carbocycles. The summed E-state index contributed by atoms with van der Waals surface area (Å²) in [5, 5.41) is 0. The smallest absolute Gasteiger partial charge is 0.350 e. The van der Waals surface area contributed by atoms with E-state index in [1.807, 2.05) is 0 Å². The Kier molecular flexibility index (Phi) is 1.69. The van der Waals surface area contributed by atoms with Crippen LogP contribution in [-0.4, -0.2) is 12.7 Å². The van der Waals surface area contributed by atoms with Crippen LogP contribution in [0.2, 0.25) is 0 Å². The van der Waals surface area contributed by atoms with Gasteiger partial charge in [0.1, 0.15) is 0 Å². The molecule has 0 amide bonds. The summed E-state index contributed by atoms with van der Waals surface area (Å²) in [4.78, 5) is 0. The number of ether oxygens (including phenoxy) is 2. The van der Waals surface area contributed by atoms with Gasteiger partial charge in [-0.05, 0) is 0 Å². The Hall–Kier alpha value is -0.940. The third-order valence-corrected chi connectivity index (χ3v) is 0.800. The standard InChI is InChI=1S/C4H2F4O2/c5-1(6)4-9-2(7)3(8)10-4/h1,4H. The number of alkyl halides is 2. The minimum atomic E-state index is -3.06. The van der Waals surface area contributed by atoms with Crippen LogP contribution in [0, 0.1) is 0 Å². The van der Waals surface area contributed by atoms with Gasteiger partial charge in [0, 0.05) is 0 Å². The van der Waals surface area contributed by atoms with E-state index in [0.717, 1.165) is 0 Å². The maximum atomic E-state index is 11.8.